The van der Waals surface area contributed by atoms with Crippen molar-refractivity contribution >= 4 is 32.2 Å². The molecule has 0 saturated carbocycles. The van der Waals surface area contributed by atoms with E-state index in [0.29, 0.717) is 5.56 Å². The first-order chi connectivity index (χ1) is 21.7. The number of hydrogen-bond donors (Lipinski definition) is 2. The fourth-order valence-corrected chi connectivity index (χ4v) is 12.6. The van der Waals surface area contributed by atoms with E-state index in [1.807, 2.05) is 92.7 Å². The zero-order valence-corrected chi connectivity index (χ0v) is 29.7. The Bertz CT molecular complexity index is 1670. The summed E-state index contributed by atoms with van der Waals surface area (Å²) < 4.78 is 41.4. The van der Waals surface area contributed by atoms with Gasteiger partial charge in [0.1, 0.15) is 5.82 Å². The lowest BCUT2D eigenvalue weighted by atomic mass is 9.93. The molecular weight excluding hydrogens is 616 g/mol. The normalized spacial score (nSPS) is 14.1. The lowest BCUT2D eigenvalue weighted by Gasteiger charge is -2.45. The average molecular weight is 662 g/mol. The molecule has 0 radical (unpaired) electrons. The van der Waals surface area contributed by atoms with Crippen molar-refractivity contribution in [2.75, 3.05) is 13.3 Å². The molecule has 0 bridgehead atoms. The lowest BCUT2D eigenvalue weighted by Crippen LogP contribution is -2.68. The molecule has 0 fully saturated rings. The van der Waals surface area contributed by atoms with Crippen molar-refractivity contribution in [3.05, 3.63) is 119 Å². The molecule has 9 heteroatoms. The van der Waals surface area contributed by atoms with Crippen molar-refractivity contribution in [2.24, 2.45) is 0 Å². The molecule has 6 nitrogen and oxygen atoms in total. The molecule has 0 amide bonds. The van der Waals surface area contributed by atoms with E-state index in [-0.39, 0.29) is 24.9 Å². The highest BCUT2D eigenvalue weighted by Crippen LogP contribution is 2.46. The van der Waals surface area contributed by atoms with Crippen LogP contribution in [0.2, 0.25) is 5.04 Å². The minimum absolute atomic E-state index is 0.143. The molecule has 0 heterocycles. The summed E-state index contributed by atoms with van der Waals surface area (Å²) in [6, 6.07) is 29.0. The van der Waals surface area contributed by atoms with Crippen LogP contribution in [0.5, 0.6) is 0 Å². The van der Waals surface area contributed by atoms with Gasteiger partial charge in [-0.2, -0.15) is 0 Å². The van der Waals surface area contributed by atoms with Crippen LogP contribution in [0.15, 0.2) is 91.0 Å². The van der Waals surface area contributed by atoms with E-state index in [2.05, 4.69) is 25.9 Å². The molecule has 46 heavy (non-hydrogen) atoms. The van der Waals surface area contributed by atoms with Gasteiger partial charge < -0.3 is 14.1 Å². The topological polar surface area (TPSA) is 84.9 Å². The number of aryl methyl sites for hydroxylation is 3. The molecule has 2 atom stereocenters. The van der Waals surface area contributed by atoms with E-state index in [4.69, 9.17) is 8.95 Å². The molecule has 4 rings (SSSR count). The second-order valence-electron chi connectivity index (χ2n) is 12.9. The van der Waals surface area contributed by atoms with Crippen LogP contribution in [0.1, 0.15) is 49.4 Å². The zero-order valence-electron chi connectivity index (χ0n) is 27.8. The van der Waals surface area contributed by atoms with Gasteiger partial charge in [-0.1, -0.05) is 105 Å². The van der Waals surface area contributed by atoms with Gasteiger partial charge in [0, 0.05) is 13.7 Å². The van der Waals surface area contributed by atoms with E-state index < -0.39 is 32.9 Å². The van der Waals surface area contributed by atoms with Crippen molar-refractivity contribution in [1.82, 2.24) is 5.09 Å². The first-order valence-corrected chi connectivity index (χ1v) is 19.2. The van der Waals surface area contributed by atoms with Crippen LogP contribution in [0.25, 0.3) is 11.1 Å². The van der Waals surface area contributed by atoms with Crippen LogP contribution >= 0.6 is 7.52 Å². The fraction of sp³-hybridized carbons (Fsp3) is 0.324. The molecule has 4 aromatic carbocycles. The lowest BCUT2D eigenvalue weighted by molar-refractivity contribution is -0.138. The maximum atomic E-state index is 14.4. The Morgan fingerprint density at radius 1 is 0.913 bits per heavy atom. The Morgan fingerprint density at radius 3 is 2.00 bits per heavy atom. The summed E-state index contributed by atoms with van der Waals surface area (Å²) in [5.41, 5.74) is 5.23. The summed E-state index contributed by atoms with van der Waals surface area (Å²) >= 11 is 0. The van der Waals surface area contributed by atoms with Gasteiger partial charge in [-0.15, -0.1) is 0 Å². The predicted molar refractivity (Wildman–Crippen MR) is 187 cm³/mol. The van der Waals surface area contributed by atoms with Crippen LogP contribution in [-0.2, 0) is 24.9 Å². The minimum Gasteiger partial charge on any atom is -0.481 e. The number of halogens is 1. The van der Waals surface area contributed by atoms with Gasteiger partial charge in [0.05, 0.1) is 18.7 Å². The SMILES string of the molecule is COP(=O)(C[C@H](CC(=O)O)O[Si](c1ccccc1)(c1ccccc1)C(C)(C)C)NCc1c(C)cc(C)cc1-c1ccc(F)c(C)c1. The number of benzene rings is 4. The molecule has 0 aromatic heterocycles. The summed E-state index contributed by atoms with van der Waals surface area (Å²) in [7, 11) is -5.42. The fourth-order valence-electron chi connectivity index (χ4n) is 6.25. The highest BCUT2D eigenvalue weighted by atomic mass is 31.2. The second-order valence-corrected chi connectivity index (χ2v) is 19.6. The Hall–Kier alpha value is -3.39. The van der Waals surface area contributed by atoms with Crippen LogP contribution < -0.4 is 15.5 Å². The van der Waals surface area contributed by atoms with E-state index in [1.54, 1.807) is 13.0 Å². The van der Waals surface area contributed by atoms with Crippen molar-refractivity contribution in [3.8, 4) is 11.1 Å². The van der Waals surface area contributed by atoms with Crippen LogP contribution in [-0.4, -0.2) is 38.8 Å². The molecule has 4 aromatic rings. The predicted octanol–water partition coefficient (Wildman–Crippen LogP) is 7.77. The van der Waals surface area contributed by atoms with Crippen LogP contribution in [0.3, 0.4) is 0 Å². The third-order valence-corrected chi connectivity index (χ3v) is 15.7. The van der Waals surface area contributed by atoms with Crippen molar-refractivity contribution < 1.29 is 27.8 Å². The van der Waals surface area contributed by atoms with Gasteiger partial charge in [0.15, 0.2) is 0 Å². The Kier molecular flexibility index (Phi) is 11.2. The average Bonchev–Trinajstić information content (AvgIpc) is 3.00. The van der Waals surface area contributed by atoms with Gasteiger partial charge in [0.25, 0.3) is 15.8 Å². The third kappa shape index (κ3) is 7.93. The summed E-state index contributed by atoms with van der Waals surface area (Å²) in [5, 5.41) is 14.8. The Balaban J connectivity index is 1.73. The second kappa shape index (κ2) is 14.6. The minimum atomic E-state index is -3.64. The zero-order chi connectivity index (χ0) is 33.7. The van der Waals surface area contributed by atoms with Crippen molar-refractivity contribution in [3.63, 3.8) is 0 Å². The Labute approximate surface area is 273 Å². The quantitative estimate of drug-likeness (QED) is 0.113. The van der Waals surface area contributed by atoms with E-state index >= 15 is 0 Å². The highest BCUT2D eigenvalue weighted by molar-refractivity contribution is 7.56. The number of carbonyl (C=O) groups is 1. The van der Waals surface area contributed by atoms with Gasteiger partial charge in [0.2, 0.25) is 0 Å². The molecular formula is C37H45FNO5PSi. The first kappa shape index (κ1) is 35.5. The molecule has 0 aliphatic rings. The van der Waals surface area contributed by atoms with Crippen molar-refractivity contribution in [2.45, 2.75) is 65.7 Å². The van der Waals surface area contributed by atoms with Crippen LogP contribution in [0.4, 0.5) is 4.39 Å². The monoisotopic (exact) mass is 661 g/mol. The number of nitrogens with one attached hydrogen (secondary N) is 1. The number of rotatable bonds is 13. The molecule has 0 aliphatic heterocycles. The number of aliphatic carboxylic acids is 1. The maximum Gasteiger partial charge on any atom is 0.305 e. The summed E-state index contributed by atoms with van der Waals surface area (Å²) in [6.07, 6.45) is -1.40. The number of carboxylic acids is 1. The van der Waals surface area contributed by atoms with E-state index in [0.717, 1.165) is 38.2 Å². The summed E-state index contributed by atoms with van der Waals surface area (Å²) in [5.74, 6) is -1.32. The summed E-state index contributed by atoms with van der Waals surface area (Å²) in [6.45, 7) is 12.3. The van der Waals surface area contributed by atoms with Gasteiger partial charge in [-0.3, -0.25) is 9.36 Å². The van der Waals surface area contributed by atoms with Crippen LogP contribution in [0, 0.1) is 26.6 Å². The van der Waals surface area contributed by atoms with Gasteiger partial charge in [-0.25, -0.2) is 9.48 Å². The van der Waals surface area contributed by atoms with Crippen molar-refractivity contribution in [1.29, 1.82) is 0 Å². The maximum absolute atomic E-state index is 14.4. The van der Waals surface area contributed by atoms with Gasteiger partial charge in [-0.05, 0) is 76.1 Å². The summed E-state index contributed by atoms with van der Waals surface area (Å²) in [4.78, 5) is 12.3. The molecule has 0 aliphatic carbocycles. The molecule has 0 spiro atoms. The first-order valence-electron chi connectivity index (χ1n) is 15.5. The molecule has 2 N–H and O–H groups in total. The standard InChI is InChI=1S/C37H45FNO5PSi/c1-26-20-27(2)34(33(21-26)29-18-19-35(38)28(3)22-29)24-39-45(42,43-7)25-30(23-36(40)41)44-46(37(4,5)6,31-14-10-8-11-15-31)32-16-12-9-13-17-32/h8-22,30H,23-25H2,1-7H3,(H,39,42)(H,40,41)/t30-,45?/m0/s1. The molecule has 1 unspecified atom stereocenters. The third-order valence-electron chi connectivity index (χ3n) is 8.48. The van der Waals surface area contributed by atoms with Gasteiger partial charge >= 0.3 is 5.97 Å². The van der Waals surface area contributed by atoms with E-state index in [1.165, 1.54) is 13.2 Å². The molecule has 244 valence electrons. The number of carboxylic acid groups (broad SMARTS) is 1. The van der Waals surface area contributed by atoms with E-state index in [9.17, 15) is 18.9 Å². The largest absolute Gasteiger partial charge is 0.481 e. The number of hydrogen-bond acceptors (Lipinski definition) is 4. The highest BCUT2D eigenvalue weighted by Gasteiger charge is 2.52. The molecule has 0 saturated heterocycles. The smallest absolute Gasteiger partial charge is 0.305 e. The Morgan fingerprint density at radius 2 is 1.50 bits per heavy atom.